The third-order valence-electron chi connectivity index (χ3n) is 4.45. The number of nitro benzene ring substituents is 1. The average Bonchev–Trinajstić information content (AvgIpc) is 2.69. The summed E-state index contributed by atoms with van der Waals surface area (Å²) in [7, 11) is 0. The first kappa shape index (κ1) is 18.6. The maximum absolute atomic E-state index is 12.8. The summed E-state index contributed by atoms with van der Waals surface area (Å²) in [5.74, 6) is 0.152. The molecule has 0 unspecified atom stereocenters. The molecule has 1 heterocycles. The van der Waals surface area contributed by atoms with Crippen molar-refractivity contribution >= 4 is 17.3 Å². The minimum absolute atomic E-state index is 0.0284. The lowest BCUT2D eigenvalue weighted by Crippen LogP contribution is -2.49. The topological polar surface area (TPSA) is 75.9 Å². The van der Waals surface area contributed by atoms with E-state index in [-0.39, 0.29) is 35.4 Å². The van der Waals surface area contributed by atoms with Crippen molar-refractivity contribution in [3.8, 4) is 5.75 Å². The van der Waals surface area contributed by atoms with Gasteiger partial charge in [0.15, 0.2) is 0 Å². The van der Waals surface area contributed by atoms with Gasteiger partial charge in [-0.05, 0) is 30.3 Å². The van der Waals surface area contributed by atoms with Crippen LogP contribution in [0.15, 0.2) is 48.5 Å². The van der Waals surface area contributed by atoms with Gasteiger partial charge in [-0.25, -0.2) is 4.39 Å². The predicted octanol–water partition coefficient (Wildman–Crippen LogP) is 2.85. The van der Waals surface area contributed by atoms with Crippen LogP contribution < -0.4 is 9.64 Å². The van der Waals surface area contributed by atoms with Gasteiger partial charge in [-0.2, -0.15) is 0 Å². The summed E-state index contributed by atoms with van der Waals surface area (Å²) in [6.45, 7) is 2.29. The fourth-order valence-electron chi connectivity index (χ4n) is 3.03. The Hall–Kier alpha value is -3.16. The van der Waals surface area contributed by atoms with Crippen LogP contribution in [0.1, 0.15) is 6.42 Å². The SMILES string of the molecule is O=C(CCOc1ccc(F)cc1)N1CCN(c2ccccc2[N+](=O)[O-])CC1. The number of nitrogens with zero attached hydrogens (tertiary/aromatic N) is 3. The normalized spacial score (nSPS) is 14.1. The highest BCUT2D eigenvalue weighted by Crippen LogP contribution is 2.28. The second-order valence-electron chi connectivity index (χ2n) is 6.17. The molecule has 0 radical (unpaired) electrons. The quantitative estimate of drug-likeness (QED) is 0.575. The number of hydrogen-bond acceptors (Lipinski definition) is 5. The molecule has 27 heavy (non-hydrogen) atoms. The number of ether oxygens (including phenoxy) is 1. The zero-order chi connectivity index (χ0) is 19.2. The summed E-state index contributed by atoms with van der Waals surface area (Å²) in [5.41, 5.74) is 0.652. The molecule has 1 saturated heterocycles. The van der Waals surface area contributed by atoms with Gasteiger partial charge < -0.3 is 14.5 Å². The number of halogens is 1. The number of benzene rings is 2. The van der Waals surface area contributed by atoms with Crippen LogP contribution in [0, 0.1) is 15.9 Å². The summed E-state index contributed by atoms with van der Waals surface area (Å²) < 4.78 is 18.3. The van der Waals surface area contributed by atoms with Crippen LogP contribution in [0.3, 0.4) is 0 Å². The van der Waals surface area contributed by atoms with Crippen molar-refractivity contribution in [1.82, 2.24) is 4.90 Å². The van der Waals surface area contributed by atoms with Gasteiger partial charge in [0.05, 0.1) is 18.0 Å². The minimum Gasteiger partial charge on any atom is -0.493 e. The Bertz CT molecular complexity index is 805. The minimum atomic E-state index is -0.389. The fourth-order valence-corrected chi connectivity index (χ4v) is 3.03. The molecule has 0 atom stereocenters. The smallest absolute Gasteiger partial charge is 0.292 e. The highest BCUT2D eigenvalue weighted by atomic mass is 19.1. The standard InChI is InChI=1S/C19H20FN3O4/c20-15-5-7-16(8-6-15)27-14-9-19(24)22-12-10-21(11-13-22)17-3-1-2-4-18(17)23(25)26/h1-8H,9-14H2. The van der Waals surface area contributed by atoms with E-state index in [0.29, 0.717) is 37.6 Å². The lowest BCUT2D eigenvalue weighted by Gasteiger charge is -2.35. The third kappa shape index (κ3) is 4.72. The van der Waals surface area contributed by atoms with Crippen LogP contribution in [-0.4, -0.2) is 48.5 Å². The van der Waals surface area contributed by atoms with Gasteiger partial charge in [0.2, 0.25) is 5.91 Å². The van der Waals surface area contributed by atoms with E-state index in [4.69, 9.17) is 4.74 Å². The second-order valence-corrected chi connectivity index (χ2v) is 6.17. The van der Waals surface area contributed by atoms with Gasteiger partial charge in [-0.1, -0.05) is 12.1 Å². The Morgan fingerprint density at radius 1 is 1.07 bits per heavy atom. The van der Waals surface area contributed by atoms with E-state index in [1.807, 2.05) is 4.90 Å². The Morgan fingerprint density at radius 3 is 2.41 bits per heavy atom. The Kier molecular flexibility index (Phi) is 5.85. The van der Waals surface area contributed by atoms with Crippen LogP contribution in [-0.2, 0) is 4.79 Å². The van der Waals surface area contributed by atoms with Gasteiger partial charge >= 0.3 is 0 Å². The van der Waals surface area contributed by atoms with Crippen LogP contribution >= 0.6 is 0 Å². The molecule has 7 nitrogen and oxygen atoms in total. The summed E-state index contributed by atoms with van der Waals surface area (Å²) in [6, 6.07) is 12.3. The van der Waals surface area contributed by atoms with Crippen molar-refractivity contribution in [3.63, 3.8) is 0 Å². The zero-order valence-electron chi connectivity index (χ0n) is 14.7. The molecule has 142 valence electrons. The van der Waals surface area contributed by atoms with Crippen molar-refractivity contribution in [3.05, 3.63) is 64.5 Å². The summed E-state index contributed by atoms with van der Waals surface area (Å²) in [6.07, 6.45) is 0.225. The molecule has 2 aromatic carbocycles. The van der Waals surface area contributed by atoms with E-state index in [0.717, 1.165) is 0 Å². The lowest BCUT2D eigenvalue weighted by molar-refractivity contribution is -0.384. The van der Waals surface area contributed by atoms with Gasteiger partial charge in [0.25, 0.3) is 5.69 Å². The van der Waals surface area contributed by atoms with Crippen LogP contribution in [0.5, 0.6) is 5.75 Å². The van der Waals surface area contributed by atoms with Crippen LogP contribution in [0.25, 0.3) is 0 Å². The van der Waals surface area contributed by atoms with Crippen molar-refractivity contribution in [2.24, 2.45) is 0 Å². The van der Waals surface area contributed by atoms with Crippen molar-refractivity contribution in [1.29, 1.82) is 0 Å². The first-order chi connectivity index (χ1) is 13.0. The van der Waals surface area contributed by atoms with E-state index >= 15 is 0 Å². The number of amides is 1. The maximum Gasteiger partial charge on any atom is 0.292 e. The lowest BCUT2D eigenvalue weighted by atomic mass is 10.2. The molecule has 1 aliphatic rings. The first-order valence-electron chi connectivity index (χ1n) is 8.69. The Labute approximate surface area is 156 Å². The third-order valence-corrected chi connectivity index (χ3v) is 4.45. The molecule has 0 aromatic heterocycles. The number of carbonyl (C=O) groups excluding carboxylic acids is 1. The Balaban J connectivity index is 1.48. The average molecular weight is 373 g/mol. The van der Waals surface area contributed by atoms with Gasteiger partial charge in [0, 0.05) is 32.2 Å². The fraction of sp³-hybridized carbons (Fsp3) is 0.316. The Morgan fingerprint density at radius 2 is 1.74 bits per heavy atom. The molecular weight excluding hydrogens is 353 g/mol. The molecule has 1 fully saturated rings. The van der Waals surface area contributed by atoms with E-state index in [1.165, 1.54) is 30.3 Å². The van der Waals surface area contributed by atoms with Crippen LogP contribution in [0.2, 0.25) is 0 Å². The molecule has 1 aliphatic heterocycles. The molecule has 8 heteroatoms. The van der Waals surface area contributed by atoms with Crippen molar-refractivity contribution in [2.75, 3.05) is 37.7 Å². The molecule has 1 amide bonds. The summed E-state index contributed by atoms with van der Waals surface area (Å²) in [5, 5.41) is 11.2. The molecular formula is C19H20FN3O4. The van der Waals surface area contributed by atoms with Gasteiger partial charge in [0.1, 0.15) is 17.3 Å². The predicted molar refractivity (Wildman–Crippen MR) is 98.4 cm³/mol. The number of hydrogen-bond donors (Lipinski definition) is 0. The monoisotopic (exact) mass is 373 g/mol. The van der Waals surface area contributed by atoms with E-state index in [1.54, 1.807) is 23.1 Å². The van der Waals surface area contributed by atoms with E-state index in [2.05, 4.69) is 0 Å². The number of nitro groups is 1. The number of rotatable bonds is 6. The highest BCUT2D eigenvalue weighted by molar-refractivity contribution is 5.77. The summed E-state index contributed by atoms with van der Waals surface area (Å²) >= 11 is 0. The zero-order valence-corrected chi connectivity index (χ0v) is 14.7. The molecule has 0 saturated carbocycles. The number of carbonyl (C=O) groups is 1. The molecule has 3 rings (SSSR count). The molecule has 0 N–H and O–H groups in total. The maximum atomic E-state index is 12.8. The molecule has 0 bridgehead atoms. The van der Waals surface area contributed by atoms with Crippen molar-refractivity contribution in [2.45, 2.75) is 6.42 Å². The molecule has 2 aromatic rings. The summed E-state index contributed by atoms with van der Waals surface area (Å²) in [4.78, 5) is 26.8. The number of piperazine rings is 1. The molecule has 0 aliphatic carbocycles. The number of para-hydroxylation sites is 2. The van der Waals surface area contributed by atoms with Crippen molar-refractivity contribution < 1.29 is 18.8 Å². The van der Waals surface area contributed by atoms with Gasteiger partial charge in [-0.15, -0.1) is 0 Å². The van der Waals surface area contributed by atoms with Gasteiger partial charge in [-0.3, -0.25) is 14.9 Å². The largest absolute Gasteiger partial charge is 0.493 e. The second kappa shape index (κ2) is 8.48. The van der Waals surface area contributed by atoms with E-state index in [9.17, 15) is 19.3 Å². The molecule has 0 spiro atoms. The number of anilines is 1. The first-order valence-corrected chi connectivity index (χ1v) is 8.69. The van der Waals surface area contributed by atoms with E-state index < -0.39 is 0 Å². The highest BCUT2D eigenvalue weighted by Gasteiger charge is 2.25. The van der Waals surface area contributed by atoms with Crippen LogP contribution in [0.4, 0.5) is 15.8 Å².